The van der Waals surface area contributed by atoms with Gasteiger partial charge in [-0.25, -0.2) is 8.42 Å². The normalized spacial score (nSPS) is 12.1. The molecule has 3 aromatic carbocycles. The molecule has 0 heterocycles. The van der Waals surface area contributed by atoms with E-state index in [0.717, 1.165) is 21.0 Å². The van der Waals surface area contributed by atoms with E-state index >= 15 is 0 Å². The number of halogens is 2. The van der Waals surface area contributed by atoms with E-state index in [2.05, 4.69) is 5.32 Å². The number of anilines is 1. The van der Waals surface area contributed by atoms with Crippen molar-refractivity contribution in [1.82, 2.24) is 10.2 Å². The third-order valence-electron chi connectivity index (χ3n) is 6.36. The minimum absolute atomic E-state index is 0.0122. The minimum atomic E-state index is -4.21. The number of rotatable bonds is 11. The number of amides is 2. The predicted octanol–water partition coefficient (Wildman–Crippen LogP) is 5.75. The van der Waals surface area contributed by atoms with Crippen LogP contribution in [0.4, 0.5) is 5.69 Å². The molecule has 3 rings (SSSR count). The highest BCUT2D eigenvalue weighted by molar-refractivity contribution is 7.92. The Hall–Kier alpha value is -3.07. The number of nitrogens with zero attached hydrogens (tertiary/aromatic N) is 2. The van der Waals surface area contributed by atoms with Gasteiger partial charge in [-0.2, -0.15) is 0 Å². The fourth-order valence-electron chi connectivity index (χ4n) is 4.23. The lowest BCUT2D eigenvalue weighted by atomic mass is 10.1. The number of hydrogen-bond donors (Lipinski definition) is 1. The van der Waals surface area contributed by atoms with Gasteiger partial charge in [0.05, 0.1) is 10.6 Å². The number of likely N-dealkylation sites (N-methyl/N-ethyl adjacent to an activating group) is 1. The molecule has 0 radical (unpaired) electrons. The molecule has 1 unspecified atom stereocenters. The molecule has 0 saturated heterocycles. The number of carbonyl (C=O) groups is 2. The van der Waals surface area contributed by atoms with Gasteiger partial charge in [0, 0.05) is 23.1 Å². The average Bonchev–Trinajstić information content (AvgIpc) is 2.87. The van der Waals surface area contributed by atoms with Gasteiger partial charge in [-0.3, -0.25) is 13.9 Å². The van der Waals surface area contributed by atoms with Gasteiger partial charge in [0.15, 0.2) is 0 Å². The molecular weight excluding hydrogens is 557 g/mol. The fraction of sp³-hybridized carbons (Fsp3) is 0.310. The topological polar surface area (TPSA) is 86.8 Å². The number of aryl methyl sites for hydroxylation is 2. The van der Waals surface area contributed by atoms with Gasteiger partial charge in [0.25, 0.3) is 10.0 Å². The number of nitrogens with one attached hydrogen (secondary N) is 1. The Morgan fingerprint density at radius 2 is 1.54 bits per heavy atom. The SMILES string of the molecule is CCNC(=O)C(CC)N(Cc1ccccc1C)C(=O)CN(c1cc(Cl)cc(Cl)c1)S(=O)(=O)c1ccc(C)cc1. The van der Waals surface area contributed by atoms with Crippen molar-refractivity contribution in [3.63, 3.8) is 0 Å². The van der Waals surface area contributed by atoms with Crippen molar-refractivity contribution in [3.05, 3.63) is 93.5 Å². The summed E-state index contributed by atoms with van der Waals surface area (Å²) in [6, 6.07) is 17.5. The summed E-state index contributed by atoms with van der Waals surface area (Å²) in [6.45, 7) is 7.37. The van der Waals surface area contributed by atoms with Crippen LogP contribution < -0.4 is 9.62 Å². The van der Waals surface area contributed by atoms with E-state index in [1.54, 1.807) is 19.1 Å². The first kappa shape index (κ1) is 30.5. The Morgan fingerprint density at radius 1 is 0.923 bits per heavy atom. The lowest BCUT2D eigenvalue weighted by Crippen LogP contribution is -2.52. The Bertz CT molecular complexity index is 1410. The first-order valence-electron chi connectivity index (χ1n) is 12.6. The maximum Gasteiger partial charge on any atom is 0.264 e. The molecule has 0 spiro atoms. The van der Waals surface area contributed by atoms with Crippen molar-refractivity contribution in [2.75, 3.05) is 17.4 Å². The van der Waals surface area contributed by atoms with Crippen molar-refractivity contribution in [2.24, 2.45) is 0 Å². The van der Waals surface area contributed by atoms with Crippen LogP contribution in [-0.4, -0.2) is 44.3 Å². The molecule has 1 atom stereocenters. The van der Waals surface area contributed by atoms with Gasteiger partial charge in [0.1, 0.15) is 12.6 Å². The van der Waals surface area contributed by atoms with E-state index in [0.29, 0.717) is 13.0 Å². The molecule has 39 heavy (non-hydrogen) atoms. The molecule has 0 aromatic heterocycles. The Balaban J connectivity index is 2.11. The molecule has 208 valence electrons. The van der Waals surface area contributed by atoms with Crippen LogP contribution in [0, 0.1) is 13.8 Å². The maximum absolute atomic E-state index is 14.0. The summed E-state index contributed by atoms with van der Waals surface area (Å²) in [5.74, 6) is -0.844. The summed E-state index contributed by atoms with van der Waals surface area (Å²) >= 11 is 12.5. The van der Waals surface area contributed by atoms with Crippen LogP contribution in [0.15, 0.2) is 71.6 Å². The number of carbonyl (C=O) groups excluding carboxylic acids is 2. The Morgan fingerprint density at radius 3 is 2.10 bits per heavy atom. The van der Waals surface area contributed by atoms with E-state index in [1.165, 1.54) is 35.2 Å². The van der Waals surface area contributed by atoms with Gasteiger partial charge in [-0.05, 0) is 68.7 Å². The molecule has 3 aromatic rings. The van der Waals surface area contributed by atoms with Gasteiger partial charge >= 0.3 is 0 Å². The zero-order valence-corrected chi connectivity index (χ0v) is 24.8. The highest BCUT2D eigenvalue weighted by atomic mass is 35.5. The fourth-order valence-corrected chi connectivity index (χ4v) is 6.14. The highest BCUT2D eigenvalue weighted by Gasteiger charge is 2.34. The first-order chi connectivity index (χ1) is 18.5. The number of hydrogen-bond acceptors (Lipinski definition) is 4. The van der Waals surface area contributed by atoms with E-state index in [9.17, 15) is 18.0 Å². The standard InChI is InChI=1S/C29H33Cl2N3O4S/c1-5-27(29(36)32-6-2)33(18-22-10-8-7-9-21(22)4)28(35)19-34(25-16-23(30)15-24(31)17-25)39(37,38)26-13-11-20(3)12-14-26/h7-17,27H,5-6,18-19H2,1-4H3,(H,32,36). The summed E-state index contributed by atoms with van der Waals surface area (Å²) < 4.78 is 28.8. The lowest BCUT2D eigenvalue weighted by Gasteiger charge is -2.33. The van der Waals surface area contributed by atoms with E-state index in [1.807, 2.05) is 45.0 Å². The van der Waals surface area contributed by atoms with Crippen molar-refractivity contribution < 1.29 is 18.0 Å². The Kier molecular flexibility index (Phi) is 10.4. The molecule has 0 aliphatic rings. The monoisotopic (exact) mass is 589 g/mol. The maximum atomic E-state index is 14.0. The Labute approximate surface area is 240 Å². The van der Waals surface area contributed by atoms with Gasteiger partial charge in [-0.15, -0.1) is 0 Å². The van der Waals surface area contributed by atoms with Crippen LogP contribution in [0.3, 0.4) is 0 Å². The average molecular weight is 591 g/mol. The molecule has 10 heteroatoms. The van der Waals surface area contributed by atoms with Crippen molar-refractivity contribution in [2.45, 2.75) is 51.6 Å². The lowest BCUT2D eigenvalue weighted by molar-refractivity contribution is -0.140. The zero-order valence-electron chi connectivity index (χ0n) is 22.4. The first-order valence-corrected chi connectivity index (χ1v) is 14.8. The summed E-state index contributed by atoms with van der Waals surface area (Å²) in [5, 5.41) is 3.24. The molecule has 2 amide bonds. The van der Waals surface area contributed by atoms with Crippen molar-refractivity contribution in [3.8, 4) is 0 Å². The molecule has 0 bridgehead atoms. The second-order valence-corrected chi connectivity index (χ2v) is 12.0. The quantitative estimate of drug-likeness (QED) is 0.308. The van der Waals surface area contributed by atoms with Crippen LogP contribution in [0.5, 0.6) is 0 Å². The number of benzene rings is 3. The van der Waals surface area contributed by atoms with Gasteiger partial charge < -0.3 is 10.2 Å². The predicted molar refractivity (Wildman–Crippen MR) is 157 cm³/mol. The highest BCUT2D eigenvalue weighted by Crippen LogP contribution is 2.30. The second kappa shape index (κ2) is 13.3. The van der Waals surface area contributed by atoms with Crippen molar-refractivity contribution >= 4 is 50.7 Å². The number of sulfonamides is 1. The molecule has 1 N–H and O–H groups in total. The van der Waals surface area contributed by atoms with Crippen LogP contribution in [0.25, 0.3) is 0 Å². The molecule has 0 fully saturated rings. The van der Waals surface area contributed by atoms with Crippen LogP contribution in [0.2, 0.25) is 10.0 Å². The summed E-state index contributed by atoms with van der Waals surface area (Å²) in [6.07, 6.45) is 0.344. The largest absolute Gasteiger partial charge is 0.355 e. The van der Waals surface area contributed by atoms with Gasteiger partial charge in [0.2, 0.25) is 11.8 Å². The third kappa shape index (κ3) is 7.53. The third-order valence-corrected chi connectivity index (χ3v) is 8.59. The van der Waals surface area contributed by atoms with Crippen LogP contribution in [0.1, 0.15) is 37.0 Å². The smallest absolute Gasteiger partial charge is 0.264 e. The molecule has 0 aliphatic carbocycles. The molecular formula is C29H33Cl2N3O4S. The summed E-state index contributed by atoms with van der Waals surface area (Å²) in [7, 11) is -4.21. The van der Waals surface area contributed by atoms with Gasteiger partial charge in [-0.1, -0.05) is 72.1 Å². The summed E-state index contributed by atoms with van der Waals surface area (Å²) in [5.41, 5.74) is 2.84. The second-order valence-electron chi connectivity index (χ2n) is 9.22. The van der Waals surface area contributed by atoms with E-state index in [4.69, 9.17) is 23.2 Å². The molecule has 7 nitrogen and oxygen atoms in total. The van der Waals surface area contributed by atoms with Crippen molar-refractivity contribution in [1.29, 1.82) is 0 Å². The van der Waals surface area contributed by atoms with E-state index in [-0.39, 0.29) is 33.1 Å². The molecule has 0 saturated carbocycles. The minimum Gasteiger partial charge on any atom is -0.355 e. The van der Waals surface area contributed by atoms with Crippen LogP contribution in [-0.2, 0) is 26.2 Å². The molecule has 0 aliphatic heterocycles. The van der Waals surface area contributed by atoms with E-state index < -0.39 is 28.5 Å². The van der Waals surface area contributed by atoms with Crippen LogP contribution >= 0.6 is 23.2 Å². The zero-order chi connectivity index (χ0) is 28.7. The summed E-state index contributed by atoms with van der Waals surface area (Å²) in [4.78, 5) is 28.5.